The SMILES string of the molecule is O=C([O-])CCC(O)c1cccc2c1Cc1ccccc1O2.[Na+]. The predicted molar refractivity (Wildman–Crippen MR) is 75.0 cm³/mol. The molecule has 3 rings (SSSR count). The van der Waals surface area contributed by atoms with Gasteiger partial charge in [0.25, 0.3) is 0 Å². The molecule has 1 N–H and O–H groups in total. The van der Waals surface area contributed by atoms with E-state index in [-0.39, 0.29) is 42.4 Å². The molecular weight excluding hydrogens is 291 g/mol. The molecule has 2 aromatic rings. The average molecular weight is 306 g/mol. The number of carboxylic acids is 1. The number of carbonyl (C=O) groups excluding carboxylic acids is 1. The number of benzene rings is 2. The molecule has 108 valence electrons. The van der Waals surface area contributed by atoms with Gasteiger partial charge < -0.3 is 19.7 Å². The van der Waals surface area contributed by atoms with E-state index in [1.807, 2.05) is 42.5 Å². The molecule has 2 aromatic carbocycles. The fraction of sp³-hybridized carbons (Fsp3) is 0.235. The molecule has 1 unspecified atom stereocenters. The first kappa shape index (κ1) is 17.0. The summed E-state index contributed by atoms with van der Waals surface area (Å²) in [5, 5.41) is 20.8. The van der Waals surface area contributed by atoms with Crippen LogP contribution in [0.2, 0.25) is 0 Å². The Morgan fingerprint density at radius 3 is 2.68 bits per heavy atom. The van der Waals surface area contributed by atoms with Crippen LogP contribution in [0.4, 0.5) is 0 Å². The van der Waals surface area contributed by atoms with Gasteiger partial charge in [-0.1, -0.05) is 30.3 Å². The van der Waals surface area contributed by atoms with Gasteiger partial charge in [0.15, 0.2) is 0 Å². The van der Waals surface area contributed by atoms with E-state index in [1.165, 1.54) is 0 Å². The Labute approximate surface area is 151 Å². The summed E-state index contributed by atoms with van der Waals surface area (Å²) in [4.78, 5) is 10.5. The van der Waals surface area contributed by atoms with Gasteiger partial charge in [-0.05, 0) is 36.1 Å². The van der Waals surface area contributed by atoms with Crippen LogP contribution in [-0.4, -0.2) is 11.1 Å². The van der Waals surface area contributed by atoms with Gasteiger partial charge in [-0.25, -0.2) is 0 Å². The molecule has 1 aliphatic heterocycles. The summed E-state index contributed by atoms with van der Waals surface area (Å²) in [7, 11) is 0. The van der Waals surface area contributed by atoms with Gasteiger partial charge in [0.2, 0.25) is 0 Å². The van der Waals surface area contributed by atoms with Crippen LogP contribution >= 0.6 is 0 Å². The van der Waals surface area contributed by atoms with Crippen LogP contribution in [0.3, 0.4) is 0 Å². The van der Waals surface area contributed by atoms with Crippen molar-refractivity contribution in [1.82, 2.24) is 0 Å². The topological polar surface area (TPSA) is 69.6 Å². The molecule has 1 heterocycles. The first-order valence-electron chi connectivity index (χ1n) is 6.90. The minimum atomic E-state index is -1.15. The smallest absolute Gasteiger partial charge is 0.550 e. The third kappa shape index (κ3) is 3.52. The molecular formula is C17H15NaO4. The summed E-state index contributed by atoms with van der Waals surface area (Å²) >= 11 is 0. The normalized spacial score (nSPS) is 13.1. The van der Waals surface area contributed by atoms with Gasteiger partial charge in [0.05, 0.1) is 6.10 Å². The van der Waals surface area contributed by atoms with E-state index in [1.54, 1.807) is 0 Å². The molecule has 0 radical (unpaired) electrons. The summed E-state index contributed by atoms with van der Waals surface area (Å²) < 4.78 is 5.85. The Balaban J connectivity index is 0.00000176. The number of para-hydroxylation sites is 1. The van der Waals surface area contributed by atoms with E-state index in [0.29, 0.717) is 6.42 Å². The number of aliphatic carboxylic acids is 1. The summed E-state index contributed by atoms with van der Waals surface area (Å²) in [5.74, 6) is 0.394. The van der Waals surface area contributed by atoms with Gasteiger partial charge in [-0.2, -0.15) is 0 Å². The molecule has 0 aromatic heterocycles. The van der Waals surface area contributed by atoms with Crippen molar-refractivity contribution in [1.29, 1.82) is 0 Å². The number of ether oxygens (including phenoxy) is 1. The van der Waals surface area contributed by atoms with Crippen molar-refractivity contribution in [2.75, 3.05) is 0 Å². The van der Waals surface area contributed by atoms with Crippen LogP contribution in [0.25, 0.3) is 0 Å². The van der Waals surface area contributed by atoms with Crippen molar-refractivity contribution >= 4 is 5.97 Å². The second kappa shape index (κ2) is 7.29. The van der Waals surface area contributed by atoms with Crippen LogP contribution in [0.15, 0.2) is 42.5 Å². The van der Waals surface area contributed by atoms with E-state index in [0.717, 1.165) is 28.2 Å². The van der Waals surface area contributed by atoms with Crippen LogP contribution in [0, 0.1) is 0 Å². The molecule has 1 atom stereocenters. The van der Waals surface area contributed by atoms with E-state index in [4.69, 9.17) is 4.74 Å². The van der Waals surface area contributed by atoms with E-state index in [2.05, 4.69) is 0 Å². The zero-order valence-electron chi connectivity index (χ0n) is 12.4. The monoisotopic (exact) mass is 306 g/mol. The van der Waals surface area contributed by atoms with Crippen molar-refractivity contribution in [2.45, 2.75) is 25.4 Å². The molecule has 4 nitrogen and oxygen atoms in total. The quantitative estimate of drug-likeness (QED) is 0.625. The van der Waals surface area contributed by atoms with Crippen molar-refractivity contribution < 1.29 is 49.3 Å². The van der Waals surface area contributed by atoms with E-state index < -0.39 is 12.1 Å². The number of carboxylic acid groups (broad SMARTS) is 1. The maximum atomic E-state index is 10.5. The molecule has 0 amide bonds. The van der Waals surface area contributed by atoms with Gasteiger partial charge >= 0.3 is 29.6 Å². The minimum Gasteiger partial charge on any atom is -0.550 e. The molecule has 0 saturated heterocycles. The molecule has 0 aliphatic carbocycles. The fourth-order valence-electron chi connectivity index (χ4n) is 2.65. The Morgan fingerprint density at radius 2 is 1.91 bits per heavy atom. The molecule has 0 spiro atoms. The summed E-state index contributed by atoms with van der Waals surface area (Å²) in [6.45, 7) is 0. The van der Waals surface area contributed by atoms with E-state index in [9.17, 15) is 15.0 Å². The molecule has 0 saturated carbocycles. The van der Waals surface area contributed by atoms with Gasteiger partial charge in [0.1, 0.15) is 11.5 Å². The third-order valence-corrected chi connectivity index (χ3v) is 3.71. The summed E-state index contributed by atoms with van der Waals surface area (Å²) in [5.41, 5.74) is 2.70. The van der Waals surface area contributed by atoms with Crippen LogP contribution in [0.1, 0.15) is 35.6 Å². The van der Waals surface area contributed by atoms with Crippen LogP contribution < -0.4 is 39.4 Å². The number of rotatable bonds is 4. The van der Waals surface area contributed by atoms with Crippen LogP contribution in [-0.2, 0) is 11.2 Å². The van der Waals surface area contributed by atoms with Crippen molar-refractivity contribution in [3.05, 3.63) is 59.2 Å². The first-order valence-corrected chi connectivity index (χ1v) is 6.90. The zero-order valence-corrected chi connectivity index (χ0v) is 14.4. The number of aliphatic hydroxyl groups excluding tert-OH is 1. The Hall–Kier alpha value is -1.33. The Bertz CT molecular complexity index is 684. The van der Waals surface area contributed by atoms with E-state index >= 15 is 0 Å². The maximum absolute atomic E-state index is 10.5. The minimum absolute atomic E-state index is 0. The standard InChI is InChI=1S/C17H16O4.Na/c18-14(8-9-17(19)20)12-5-3-7-16-13(12)10-11-4-1-2-6-15(11)21-16;/h1-7,14,18H,8-10H2,(H,19,20);/q;+1/p-1. The average Bonchev–Trinajstić information content (AvgIpc) is 2.50. The van der Waals surface area contributed by atoms with Gasteiger partial charge in [0, 0.05) is 18.0 Å². The second-order valence-electron chi connectivity index (χ2n) is 5.14. The molecule has 0 fully saturated rings. The summed E-state index contributed by atoms with van der Waals surface area (Å²) in [6, 6.07) is 13.3. The van der Waals surface area contributed by atoms with Crippen LogP contribution in [0.5, 0.6) is 11.5 Å². The number of carbonyl (C=O) groups is 1. The largest absolute Gasteiger partial charge is 1.00 e. The van der Waals surface area contributed by atoms with Gasteiger partial charge in [-0.3, -0.25) is 0 Å². The van der Waals surface area contributed by atoms with Crippen molar-refractivity contribution in [2.24, 2.45) is 0 Å². The number of fused-ring (bicyclic) bond motifs is 2. The van der Waals surface area contributed by atoms with Crippen molar-refractivity contribution in [3.63, 3.8) is 0 Å². The Kier molecular flexibility index (Phi) is 5.64. The first-order chi connectivity index (χ1) is 10.1. The second-order valence-corrected chi connectivity index (χ2v) is 5.14. The predicted octanol–water partition coefficient (Wildman–Crippen LogP) is -1.05. The van der Waals surface area contributed by atoms with Crippen molar-refractivity contribution in [3.8, 4) is 11.5 Å². The maximum Gasteiger partial charge on any atom is 1.00 e. The Morgan fingerprint density at radius 1 is 1.18 bits per heavy atom. The number of aliphatic hydroxyl groups is 1. The zero-order chi connectivity index (χ0) is 14.8. The molecule has 0 bridgehead atoms. The fourth-order valence-corrected chi connectivity index (χ4v) is 2.65. The third-order valence-electron chi connectivity index (χ3n) is 3.71. The summed E-state index contributed by atoms with van der Waals surface area (Å²) in [6.07, 6.45) is -0.182. The molecule has 22 heavy (non-hydrogen) atoms. The van der Waals surface area contributed by atoms with Gasteiger partial charge in [-0.15, -0.1) is 0 Å². The number of hydrogen-bond acceptors (Lipinski definition) is 4. The molecule has 5 heteroatoms. The molecule has 1 aliphatic rings. The number of hydrogen-bond donors (Lipinski definition) is 1.